The first-order valence-corrected chi connectivity index (χ1v) is 7.78. The summed E-state index contributed by atoms with van der Waals surface area (Å²) in [7, 11) is 1.60. The van der Waals surface area contributed by atoms with Crippen LogP contribution in [0.1, 0.15) is 30.9 Å². The quantitative estimate of drug-likeness (QED) is 0.627. The molecule has 126 valence electrons. The second-order valence-electron chi connectivity index (χ2n) is 5.55. The molecule has 1 amide bonds. The molecule has 2 aromatic carbocycles. The van der Waals surface area contributed by atoms with Crippen LogP contribution in [0.25, 0.3) is 0 Å². The van der Waals surface area contributed by atoms with Crippen LogP contribution in [-0.2, 0) is 4.79 Å². The largest absolute Gasteiger partial charge is 0.497 e. The molecule has 5 nitrogen and oxygen atoms in total. The minimum Gasteiger partial charge on any atom is -0.497 e. The van der Waals surface area contributed by atoms with Crippen LogP contribution in [0, 0.1) is 0 Å². The van der Waals surface area contributed by atoms with E-state index in [1.165, 1.54) is 0 Å². The molecule has 0 radical (unpaired) electrons. The fourth-order valence-electron chi connectivity index (χ4n) is 2.17. The van der Waals surface area contributed by atoms with Crippen molar-refractivity contribution in [1.29, 1.82) is 0 Å². The van der Waals surface area contributed by atoms with Crippen molar-refractivity contribution >= 4 is 12.1 Å². The zero-order valence-electron chi connectivity index (χ0n) is 14.2. The summed E-state index contributed by atoms with van der Waals surface area (Å²) in [6.45, 7) is 4.08. The van der Waals surface area contributed by atoms with Crippen molar-refractivity contribution in [2.45, 2.75) is 19.8 Å². The summed E-state index contributed by atoms with van der Waals surface area (Å²) in [6, 6.07) is 15.1. The van der Waals surface area contributed by atoms with Crippen molar-refractivity contribution < 1.29 is 14.3 Å². The molecule has 0 unspecified atom stereocenters. The van der Waals surface area contributed by atoms with Crippen LogP contribution in [0.4, 0.5) is 0 Å². The zero-order valence-corrected chi connectivity index (χ0v) is 14.2. The highest BCUT2D eigenvalue weighted by Crippen LogP contribution is 2.25. The highest BCUT2D eigenvalue weighted by molar-refractivity contribution is 5.83. The Hall–Kier alpha value is -2.82. The van der Waals surface area contributed by atoms with Crippen LogP contribution in [-0.4, -0.2) is 25.8 Å². The molecule has 1 N–H and O–H groups in total. The number of hydrogen-bond acceptors (Lipinski definition) is 4. The van der Waals surface area contributed by atoms with Crippen molar-refractivity contribution in [3.05, 3.63) is 59.7 Å². The number of methoxy groups -OCH3 is 1. The molecule has 24 heavy (non-hydrogen) atoms. The van der Waals surface area contributed by atoms with Gasteiger partial charge in [0.15, 0.2) is 6.61 Å². The fraction of sp³-hybridized carbons (Fsp3) is 0.263. The molecule has 0 spiro atoms. The lowest BCUT2D eigenvalue weighted by atomic mass is 10.0. The molecule has 2 rings (SSSR count). The third-order valence-electron chi connectivity index (χ3n) is 3.40. The number of nitrogens with one attached hydrogen (secondary N) is 1. The van der Waals surface area contributed by atoms with Crippen molar-refractivity contribution in [3.8, 4) is 11.5 Å². The molecular weight excluding hydrogens is 304 g/mol. The Morgan fingerprint density at radius 2 is 2.00 bits per heavy atom. The molecule has 0 aliphatic rings. The van der Waals surface area contributed by atoms with Gasteiger partial charge in [0.1, 0.15) is 11.5 Å². The Balaban J connectivity index is 1.86. The number of benzene rings is 2. The summed E-state index contributed by atoms with van der Waals surface area (Å²) < 4.78 is 10.7. The molecule has 2 aromatic rings. The smallest absolute Gasteiger partial charge is 0.277 e. The lowest BCUT2D eigenvalue weighted by molar-refractivity contribution is -0.123. The van der Waals surface area contributed by atoms with Gasteiger partial charge in [0, 0.05) is 0 Å². The Morgan fingerprint density at radius 1 is 1.21 bits per heavy atom. The van der Waals surface area contributed by atoms with Crippen LogP contribution in [0.15, 0.2) is 53.6 Å². The Bertz CT molecular complexity index is 711. The van der Waals surface area contributed by atoms with Gasteiger partial charge in [0.05, 0.1) is 13.3 Å². The van der Waals surface area contributed by atoms with Gasteiger partial charge >= 0.3 is 0 Å². The third-order valence-corrected chi connectivity index (χ3v) is 3.40. The number of carbonyl (C=O) groups excluding carboxylic acids is 1. The zero-order chi connectivity index (χ0) is 17.4. The van der Waals surface area contributed by atoms with E-state index < -0.39 is 0 Å². The summed E-state index contributed by atoms with van der Waals surface area (Å²) in [4.78, 5) is 11.8. The van der Waals surface area contributed by atoms with E-state index in [9.17, 15) is 4.79 Å². The Kier molecular flexibility index (Phi) is 6.37. The molecule has 5 heteroatoms. The molecular formula is C19H22N2O3. The van der Waals surface area contributed by atoms with Gasteiger partial charge in [-0.2, -0.15) is 5.10 Å². The molecule has 0 aromatic heterocycles. The normalized spacial score (nSPS) is 10.8. The van der Waals surface area contributed by atoms with E-state index in [0.717, 1.165) is 22.6 Å². The average Bonchev–Trinajstić information content (AvgIpc) is 2.60. The van der Waals surface area contributed by atoms with Crippen LogP contribution < -0.4 is 14.9 Å². The van der Waals surface area contributed by atoms with Crippen LogP contribution in [0.5, 0.6) is 11.5 Å². The van der Waals surface area contributed by atoms with E-state index >= 15 is 0 Å². The van der Waals surface area contributed by atoms with Gasteiger partial charge in [0.2, 0.25) is 0 Å². The maximum Gasteiger partial charge on any atom is 0.277 e. The molecule has 0 atom stereocenters. The van der Waals surface area contributed by atoms with Gasteiger partial charge in [0.25, 0.3) is 5.91 Å². The minimum atomic E-state index is -0.312. The molecule has 0 fully saturated rings. The van der Waals surface area contributed by atoms with Gasteiger partial charge in [-0.25, -0.2) is 5.43 Å². The van der Waals surface area contributed by atoms with Gasteiger partial charge < -0.3 is 9.47 Å². The second kappa shape index (κ2) is 8.72. The lowest BCUT2D eigenvalue weighted by Crippen LogP contribution is -2.24. The Morgan fingerprint density at radius 3 is 2.75 bits per heavy atom. The minimum absolute atomic E-state index is 0.0841. The maximum atomic E-state index is 11.8. The summed E-state index contributed by atoms with van der Waals surface area (Å²) in [6.07, 6.45) is 1.56. The monoisotopic (exact) mass is 326 g/mol. The van der Waals surface area contributed by atoms with Crippen LogP contribution >= 0.6 is 0 Å². The molecule has 0 aliphatic carbocycles. The first-order chi connectivity index (χ1) is 11.6. The molecule has 0 saturated carbocycles. The first kappa shape index (κ1) is 17.5. The number of rotatable bonds is 7. The van der Waals surface area contributed by atoms with Gasteiger partial charge in [-0.3, -0.25) is 4.79 Å². The van der Waals surface area contributed by atoms with E-state index in [2.05, 4.69) is 24.4 Å². The van der Waals surface area contributed by atoms with E-state index in [1.54, 1.807) is 13.3 Å². The van der Waals surface area contributed by atoms with E-state index in [0.29, 0.717) is 5.92 Å². The van der Waals surface area contributed by atoms with E-state index in [1.807, 2.05) is 48.5 Å². The lowest BCUT2D eigenvalue weighted by Gasteiger charge is -2.12. The summed E-state index contributed by atoms with van der Waals surface area (Å²) in [5, 5.41) is 3.93. The number of amides is 1. The van der Waals surface area contributed by atoms with Gasteiger partial charge in [-0.1, -0.05) is 44.2 Å². The van der Waals surface area contributed by atoms with Gasteiger partial charge in [-0.05, 0) is 35.2 Å². The number of hydrazone groups is 1. The van der Waals surface area contributed by atoms with Crippen molar-refractivity contribution in [3.63, 3.8) is 0 Å². The van der Waals surface area contributed by atoms with E-state index in [-0.39, 0.29) is 12.5 Å². The first-order valence-electron chi connectivity index (χ1n) is 7.78. The third kappa shape index (κ3) is 5.12. The SMILES string of the molecule is COc1cccc(/C=N/NC(=O)COc2ccccc2C(C)C)c1. The van der Waals surface area contributed by atoms with Crippen LogP contribution in [0.2, 0.25) is 0 Å². The Labute approximate surface area is 142 Å². The summed E-state index contributed by atoms with van der Waals surface area (Å²) in [5.41, 5.74) is 4.36. The highest BCUT2D eigenvalue weighted by atomic mass is 16.5. The summed E-state index contributed by atoms with van der Waals surface area (Å²) >= 11 is 0. The van der Waals surface area contributed by atoms with Crippen molar-refractivity contribution in [1.82, 2.24) is 5.43 Å². The van der Waals surface area contributed by atoms with Crippen molar-refractivity contribution in [2.75, 3.05) is 13.7 Å². The maximum absolute atomic E-state index is 11.8. The molecule has 0 saturated heterocycles. The van der Waals surface area contributed by atoms with E-state index in [4.69, 9.17) is 9.47 Å². The predicted octanol–water partition coefficient (Wildman–Crippen LogP) is 3.35. The van der Waals surface area contributed by atoms with Crippen molar-refractivity contribution in [2.24, 2.45) is 5.10 Å². The summed E-state index contributed by atoms with van der Waals surface area (Å²) in [5.74, 6) is 1.47. The fourth-order valence-corrected chi connectivity index (χ4v) is 2.17. The number of ether oxygens (including phenoxy) is 2. The molecule has 0 bridgehead atoms. The van der Waals surface area contributed by atoms with Gasteiger partial charge in [-0.15, -0.1) is 0 Å². The number of nitrogens with zero attached hydrogens (tertiary/aromatic N) is 1. The average molecular weight is 326 g/mol. The molecule has 0 heterocycles. The predicted molar refractivity (Wildman–Crippen MR) is 94.8 cm³/mol. The highest BCUT2D eigenvalue weighted by Gasteiger charge is 2.08. The second-order valence-corrected chi connectivity index (χ2v) is 5.55. The van der Waals surface area contributed by atoms with Crippen LogP contribution in [0.3, 0.4) is 0 Å². The number of hydrogen-bond donors (Lipinski definition) is 1. The number of para-hydroxylation sites is 1. The standard InChI is InChI=1S/C19H22N2O3/c1-14(2)17-9-4-5-10-18(17)24-13-19(22)21-20-12-15-7-6-8-16(11-15)23-3/h4-12,14H,13H2,1-3H3,(H,21,22)/b20-12+. The molecule has 0 aliphatic heterocycles. The number of carbonyl (C=O) groups is 1. The topological polar surface area (TPSA) is 59.9 Å².